The normalized spacial score (nSPS) is 11.7. The monoisotopic (exact) mass is 248 g/mol. The van der Waals surface area contributed by atoms with E-state index in [1.54, 1.807) is 6.08 Å². The first kappa shape index (κ1) is 13.7. The molecule has 2 nitrogen and oxygen atoms in total. The molecule has 3 heteroatoms. The maximum atomic E-state index is 11.4. The lowest BCUT2D eigenvalue weighted by atomic mass is 10.2. The van der Waals surface area contributed by atoms with Gasteiger partial charge in [-0.05, 0) is 17.7 Å². The molecule has 0 fully saturated rings. The molecule has 0 amide bonds. The van der Waals surface area contributed by atoms with Crippen LogP contribution >= 0.6 is 0 Å². The van der Waals surface area contributed by atoms with Crippen molar-refractivity contribution < 1.29 is 9.53 Å². The summed E-state index contributed by atoms with van der Waals surface area (Å²) >= 11 is 0. The van der Waals surface area contributed by atoms with Crippen LogP contribution in [0.15, 0.2) is 36.4 Å². The van der Waals surface area contributed by atoms with Crippen molar-refractivity contribution in [1.82, 2.24) is 0 Å². The van der Waals surface area contributed by atoms with E-state index in [0.29, 0.717) is 6.61 Å². The third kappa shape index (κ3) is 6.74. The molecule has 0 radical (unpaired) electrons. The average Bonchev–Trinajstić information content (AvgIpc) is 2.26. The van der Waals surface area contributed by atoms with E-state index in [-0.39, 0.29) is 5.97 Å². The lowest BCUT2D eigenvalue weighted by molar-refractivity contribution is -0.137. The van der Waals surface area contributed by atoms with Gasteiger partial charge in [-0.15, -0.1) is 0 Å². The quantitative estimate of drug-likeness (QED) is 0.452. The Balaban J connectivity index is 2.33. The second-order valence-electron chi connectivity index (χ2n) is 5.22. The second-order valence-corrected chi connectivity index (χ2v) is 10.8. The highest BCUT2D eigenvalue weighted by Gasteiger charge is 2.12. The van der Waals surface area contributed by atoms with E-state index in [0.717, 1.165) is 11.6 Å². The first-order chi connectivity index (χ1) is 7.97. The van der Waals surface area contributed by atoms with Gasteiger partial charge in [-0.1, -0.05) is 50.0 Å². The Morgan fingerprint density at radius 1 is 1.24 bits per heavy atom. The van der Waals surface area contributed by atoms with E-state index in [1.165, 1.54) is 6.08 Å². The van der Waals surface area contributed by atoms with Gasteiger partial charge in [0.05, 0.1) is 6.61 Å². The van der Waals surface area contributed by atoms with Crippen LogP contribution in [0.25, 0.3) is 6.08 Å². The Labute approximate surface area is 104 Å². The molecule has 0 N–H and O–H groups in total. The van der Waals surface area contributed by atoms with Crippen LogP contribution in [-0.2, 0) is 9.53 Å². The molecular weight excluding hydrogens is 228 g/mol. The van der Waals surface area contributed by atoms with Crippen molar-refractivity contribution in [3.05, 3.63) is 42.0 Å². The molecule has 1 aromatic rings. The van der Waals surface area contributed by atoms with Gasteiger partial charge in [0.1, 0.15) is 0 Å². The minimum absolute atomic E-state index is 0.257. The number of benzene rings is 1. The van der Waals surface area contributed by atoms with Crippen LogP contribution in [0.4, 0.5) is 0 Å². The van der Waals surface area contributed by atoms with Gasteiger partial charge < -0.3 is 4.74 Å². The molecule has 0 aliphatic rings. The van der Waals surface area contributed by atoms with Crippen molar-refractivity contribution in [2.75, 3.05) is 6.61 Å². The molecule has 0 heterocycles. The van der Waals surface area contributed by atoms with Gasteiger partial charge in [0.25, 0.3) is 0 Å². The Kier molecular flexibility index (Phi) is 5.16. The van der Waals surface area contributed by atoms with Gasteiger partial charge in [0, 0.05) is 14.1 Å². The van der Waals surface area contributed by atoms with Crippen LogP contribution in [-0.4, -0.2) is 20.7 Å². The summed E-state index contributed by atoms with van der Waals surface area (Å²) in [5.41, 5.74) is 1.01. The highest BCUT2D eigenvalue weighted by Crippen LogP contribution is 2.08. The Bertz CT molecular complexity index is 377. The molecule has 0 spiro atoms. The minimum atomic E-state index is -1.11. The summed E-state index contributed by atoms with van der Waals surface area (Å²) in [5.74, 6) is -0.257. The zero-order valence-electron chi connectivity index (χ0n) is 10.8. The van der Waals surface area contributed by atoms with Gasteiger partial charge in [-0.25, -0.2) is 4.79 Å². The maximum absolute atomic E-state index is 11.4. The molecule has 0 unspecified atom stereocenters. The fraction of sp³-hybridized carbons (Fsp3) is 0.357. The number of ether oxygens (including phenoxy) is 1. The molecule has 1 rings (SSSR count). The molecular formula is C14H20O2Si. The third-order valence-electron chi connectivity index (χ3n) is 2.31. The van der Waals surface area contributed by atoms with Crippen LogP contribution in [0.2, 0.25) is 25.7 Å². The van der Waals surface area contributed by atoms with E-state index in [1.807, 2.05) is 30.3 Å². The van der Waals surface area contributed by atoms with Crippen molar-refractivity contribution >= 4 is 20.1 Å². The molecule has 0 bridgehead atoms. The Hall–Kier alpha value is -1.35. The zero-order valence-corrected chi connectivity index (χ0v) is 11.8. The van der Waals surface area contributed by atoms with Crippen molar-refractivity contribution in [2.45, 2.75) is 25.7 Å². The summed E-state index contributed by atoms with van der Waals surface area (Å²) in [6.07, 6.45) is 3.26. The summed E-state index contributed by atoms with van der Waals surface area (Å²) in [4.78, 5) is 11.4. The first-order valence-corrected chi connectivity index (χ1v) is 9.58. The van der Waals surface area contributed by atoms with E-state index in [4.69, 9.17) is 4.74 Å². The number of esters is 1. The van der Waals surface area contributed by atoms with Crippen LogP contribution in [0.5, 0.6) is 0 Å². The number of carbonyl (C=O) groups excluding carboxylic acids is 1. The fourth-order valence-corrected chi connectivity index (χ4v) is 1.95. The summed E-state index contributed by atoms with van der Waals surface area (Å²) in [6.45, 7) is 7.33. The molecule has 0 aliphatic heterocycles. The smallest absolute Gasteiger partial charge is 0.330 e. The number of hydrogen-bond donors (Lipinski definition) is 0. The van der Waals surface area contributed by atoms with Crippen molar-refractivity contribution in [2.24, 2.45) is 0 Å². The number of rotatable bonds is 5. The van der Waals surface area contributed by atoms with Gasteiger partial charge in [-0.3, -0.25) is 0 Å². The molecule has 92 valence electrons. The maximum Gasteiger partial charge on any atom is 0.330 e. The zero-order chi connectivity index (χ0) is 12.7. The predicted octanol–water partition coefficient (Wildman–Crippen LogP) is 3.58. The molecule has 0 saturated heterocycles. The Morgan fingerprint density at radius 3 is 2.47 bits per heavy atom. The van der Waals surface area contributed by atoms with Crippen molar-refractivity contribution in [3.8, 4) is 0 Å². The topological polar surface area (TPSA) is 26.3 Å². The average molecular weight is 248 g/mol. The molecule has 17 heavy (non-hydrogen) atoms. The van der Waals surface area contributed by atoms with E-state index < -0.39 is 8.07 Å². The second kappa shape index (κ2) is 6.40. The molecule has 0 aromatic heterocycles. The number of hydrogen-bond acceptors (Lipinski definition) is 2. The Morgan fingerprint density at radius 2 is 1.88 bits per heavy atom. The largest absolute Gasteiger partial charge is 0.463 e. The van der Waals surface area contributed by atoms with Crippen LogP contribution in [0.3, 0.4) is 0 Å². The van der Waals surface area contributed by atoms with Crippen molar-refractivity contribution in [1.29, 1.82) is 0 Å². The SMILES string of the molecule is C[Si](C)(C)CCOC(=O)/C=C/c1ccccc1. The minimum Gasteiger partial charge on any atom is -0.463 e. The predicted molar refractivity (Wildman–Crippen MR) is 74.6 cm³/mol. The van der Waals surface area contributed by atoms with Gasteiger partial charge in [0.15, 0.2) is 0 Å². The van der Waals surface area contributed by atoms with E-state index in [9.17, 15) is 4.79 Å². The number of carbonyl (C=O) groups is 1. The molecule has 1 aromatic carbocycles. The summed E-state index contributed by atoms with van der Waals surface area (Å²) < 4.78 is 5.15. The van der Waals surface area contributed by atoms with Gasteiger partial charge in [-0.2, -0.15) is 0 Å². The summed E-state index contributed by atoms with van der Waals surface area (Å²) in [6, 6.07) is 10.7. The highest BCUT2D eigenvalue weighted by molar-refractivity contribution is 6.76. The summed E-state index contributed by atoms with van der Waals surface area (Å²) in [5, 5.41) is 0. The first-order valence-electron chi connectivity index (χ1n) is 5.87. The van der Waals surface area contributed by atoms with Crippen LogP contribution < -0.4 is 0 Å². The standard InChI is InChI=1S/C14H20O2Si/c1-17(2,3)12-11-16-14(15)10-9-13-7-5-4-6-8-13/h4-10H,11-12H2,1-3H3/b10-9+. The van der Waals surface area contributed by atoms with E-state index in [2.05, 4.69) is 19.6 Å². The van der Waals surface area contributed by atoms with E-state index >= 15 is 0 Å². The van der Waals surface area contributed by atoms with Crippen molar-refractivity contribution in [3.63, 3.8) is 0 Å². The lowest BCUT2D eigenvalue weighted by Crippen LogP contribution is -2.22. The molecule has 0 saturated carbocycles. The van der Waals surface area contributed by atoms with Crippen LogP contribution in [0, 0.1) is 0 Å². The third-order valence-corrected chi connectivity index (χ3v) is 4.01. The van der Waals surface area contributed by atoms with Gasteiger partial charge in [0.2, 0.25) is 0 Å². The lowest BCUT2D eigenvalue weighted by Gasteiger charge is -2.14. The highest BCUT2D eigenvalue weighted by atomic mass is 28.3. The molecule has 0 aliphatic carbocycles. The fourth-order valence-electron chi connectivity index (χ4n) is 1.23. The van der Waals surface area contributed by atoms with Crippen LogP contribution in [0.1, 0.15) is 5.56 Å². The summed E-state index contributed by atoms with van der Waals surface area (Å²) in [7, 11) is -1.11. The van der Waals surface area contributed by atoms with Gasteiger partial charge >= 0.3 is 5.97 Å². The molecule has 0 atom stereocenters.